The van der Waals surface area contributed by atoms with E-state index in [0.717, 1.165) is 12.5 Å². The predicted octanol–water partition coefficient (Wildman–Crippen LogP) is 14.5. The molecule has 0 bridgehead atoms. The molecule has 0 aromatic rings. The second-order valence-corrected chi connectivity index (χ2v) is 17.3. The molecule has 0 aromatic heterocycles. The van der Waals surface area contributed by atoms with Gasteiger partial charge in [-0.15, -0.1) is 0 Å². The standard InChI is InChI=1S/C12H23F2NO.C11H22F2.C10H20F2O.C10H22O/c1-9(2)12(13,14)7-6-8-15(10(3)4)11(5)16;1-9(2)5-7-11(12,13)8-6-10(3)4;1-8(2)10(11,12)6-5-7-13-9(3)4;1-9(2)7-5-6-8-11-10(3)4/h9-10H,6-8H2,1-5H3;9-10H,5-8H2,1-4H3;8-9H,5-7H2,1-4H3;9-10H,5-8H2,1-4H3. The van der Waals surface area contributed by atoms with Crippen molar-refractivity contribution >= 4 is 5.91 Å². The van der Waals surface area contributed by atoms with Crippen LogP contribution in [-0.4, -0.2) is 66.6 Å². The van der Waals surface area contributed by atoms with Gasteiger partial charge in [0.05, 0.1) is 12.2 Å². The molecular weight excluding hydrogens is 692 g/mol. The Labute approximate surface area is 324 Å². The fourth-order valence-electron chi connectivity index (χ4n) is 4.57. The van der Waals surface area contributed by atoms with Gasteiger partial charge in [0.2, 0.25) is 17.8 Å². The Kier molecular flexibility index (Phi) is 35.5. The average Bonchev–Trinajstić information content (AvgIpc) is 2.99. The third-order valence-electron chi connectivity index (χ3n) is 8.53. The van der Waals surface area contributed by atoms with Crippen LogP contribution in [0.4, 0.5) is 26.3 Å². The molecule has 0 fully saturated rings. The molecule has 0 atom stereocenters. The number of halogens is 6. The van der Waals surface area contributed by atoms with Crippen molar-refractivity contribution in [3.05, 3.63) is 0 Å². The summed E-state index contributed by atoms with van der Waals surface area (Å²) in [5.41, 5.74) is 0. The first-order valence-corrected chi connectivity index (χ1v) is 20.6. The van der Waals surface area contributed by atoms with Gasteiger partial charge in [0.15, 0.2) is 0 Å². The van der Waals surface area contributed by atoms with Crippen LogP contribution in [0.2, 0.25) is 0 Å². The number of carbonyl (C=O) groups is 1. The quantitative estimate of drug-likeness (QED) is 0.0723. The lowest BCUT2D eigenvalue weighted by molar-refractivity contribution is -0.131. The van der Waals surface area contributed by atoms with Gasteiger partial charge >= 0.3 is 0 Å². The number of carbonyl (C=O) groups excluding carboxylic acids is 1. The topological polar surface area (TPSA) is 38.8 Å². The molecule has 0 N–H and O–H groups in total. The molecule has 0 spiro atoms. The van der Waals surface area contributed by atoms with Crippen LogP contribution >= 0.6 is 0 Å². The Bertz CT molecular complexity index is 807. The van der Waals surface area contributed by atoms with Crippen LogP contribution in [0.5, 0.6) is 0 Å². The molecule has 53 heavy (non-hydrogen) atoms. The third kappa shape index (κ3) is 42.0. The van der Waals surface area contributed by atoms with Gasteiger partial charge in [0.1, 0.15) is 0 Å². The van der Waals surface area contributed by atoms with Crippen molar-refractivity contribution in [1.29, 1.82) is 0 Å². The summed E-state index contributed by atoms with van der Waals surface area (Å²) in [5, 5.41) is 0. The molecule has 0 aliphatic rings. The number of hydrogen-bond donors (Lipinski definition) is 0. The van der Waals surface area contributed by atoms with E-state index in [1.54, 1.807) is 18.7 Å². The summed E-state index contributed by atoms with van der Waals surface area (Å²) < 4.78 is 89.5. The zero-order valence-electron chi connectivity index (χ0n) is 37.5. The molecule has 0 radical (unpaired) electrons. The molecule has 0 aromatic carbocycles. The Morgan fingerprint density at radius 3 is 1.17 bits per heavy atom. The van der Waals surface area contributed by atoms with Crippen molar-refractivity contribution in [2.45, 2.75) is 224 Å². The maximum Gasteiger partial charge on any atom is 0.250 e. The van der Waals surface area contributed by atoms with E-state index in [1.165, 1.54) is 40.0 Å². The van der Waals surface area contributed by atoms with Gasteiger partial charge in [-0.05, 0) is 91.4 Å². The SMILES string of the molecule is CC(=O)N(CCCC(F)(F)C(C)C)C(C)C.CC(C)CCC(F)(F)CCC(C)C.CC(C)CCCCOC(C)C.CC(C)OCCCC(F)(F)C(C)C. The number of ether oxygens (including phenoxy) is 2. The third-order valence-corrected chi connectivity index (χ3v) is 8.53. The van der Waals surface area contributed by atoms with Crippen molar-refractivity contribution in [3.63, 3.8) is 0 Å². The van der Waals surface area contributed by atoms with Gasteiger partial charge in [-0.25, -0.2) is 26.3 Å². The second-order valence-electron chi connectivity index (χ2n) is 17.3. The first-order valence-electron chi connectivity index (χ1n) is 20.6. The highest BCUT2D eigenvalue weighted by Gasteiger charge is 2.33. The van der Waals surface area contributed by atoms with E-state index < -0.39 is 29.6 Å². The van der Waals surface area contributed by atoms with E-state index in [0.29, 0.717) is 56.8 Å². The minimum absolute atomic E-state index is 0.0529. The number of hydrogen-bond acceptors (Lipinski definition) is 3. The fourth-order valence-corrected chi connectivity index (χ4v) is 4.57. The van der Waals surface area contributed by atoms with Crippen LogP contribution in [-0.2, 0) is 14.3 Å². The van der Waals surface area contributed by atoms with E-state index in [4.69, 9.17) is 9.47 Å². The first-order chi connectivity index (χ1) is 24.0. The lowest BCUT2D eigenvalue weighted by Gasteiger charge is -2.27. The lowest BCUT2D eigenvalue weighted by atomic mass is 9.98. The summed E-state index contributed by atoms with van der Waals surface area (Å²) in [7, 11) is 0. The highest BCUT2D eigenvalue weighted by molar-refractivity contribution is 5.73. The first kappa shape index (κ1) is 58.7. The molecule has 1 amide bonds. The van der Waals surface area contributed by atoms with Gasteiger partial charge < -0.3 is 14.4 Å². The Balaban J connectivity index is -0.000000305. The van der Waals surface area contributed by atoms with E-state index in [9.17, 15) is 31.1 Å². The van der Waals surface area contributed by atoms with Gasteiger partial charge in [-0.3, -0.25) is 4.79 Å². The molecule has 10 heteroatoms. The number of alkyl halides is 6. The molecular formula is C43H87F6NO3. The monoisotopic (exact) mass is 780 g/mol. The fraction of sp³-hybridized carbons (Fsp3) is 0.977. The van der Waals surface area contributed by atoms with Gasteiger partial charge in [-0.1, -0.05) is 82.1 Å². The average molecular weight is 780 g/mol. The Hall–Kier alpha value is -1.03. The summed E-state index contributed by atoms with van der Waals surface area (Å²) >= 11 is 0. The van der Waals surface area contributed by atoms with Crippen molar-refractivity contribution in [3.8, 4) is 0 Å². The zero-order valence-corrected chi connectivity index (χ0v) is 37.5. The smallest absolute Gasteiger partial charge is 0.250 e. The maximum atomic E-state index is 13.3. The molecule has 0 saturated heterocycles. The van der Waals surface area contributed by atoms with Crippen LogP contribution in [0, 0.1) is 29.6 Å². The lowest BCUT2D eigenvalue weighted by Crippen LogP contribution is -2.37. The molecule has 0 aliphatic carbocycles. The normalized spacial score (nSPS) is 12.4. The van der Waals surface area contributed by atoms with Crippen LogP contribution < -0.4 is 0 Å². The molecule has 0 saturated carbocycles. The largest absolute Gasteiger partial charge is 0.379 e. The summed E-state index contributed by atoms with van der Waals surface area (Å²) in [6, 6.07) is 0.0742. The molecule has 0 aliphatic heterocycles. The van der Waals surface area contributed by atoms with Crippen molar-refractivity contribution in [1.82, 2.24) is 4.90 Å². The van der Waals surface area contributed by atoms with Gasteiger partial charge in [-0.2, -0.15) is 0 Å². The van der Waals surface area contributed by atoms with Crippen LogP contribution in [0.15, 0.2) is 0 Å². The van der Waals surface area contributed by atoms with E-state index in [1.807, 2.05) is 55.4 Å². The molecule has 0 rings (SSSR count). The molecule has 0 unspecified atom stereocenters. The summed E-state index contributed by atoms with van der Waals surface area (Å²) in [6.07, 6.45) is 6.32. The van der Waals surface area contributed by atoms with Gasteiger partial charge in [0.25, 0.3) is 5.92 Å². The highest BCUT2D eigenvalue weighted by Crippen LogP contribution is 2.31. The van der Waals surface area contributed by atoms with Crippen molar-refractivity contribution in [2.75, 3.05) is 19.8 Å². The van der Waals surface area contributed by atoms with Crippen molar-refractivity contribution in [2.24, 2.45) is 29.6 Å². The zero-order chi connectivity index (χ0) is 42.6. The number of unbranched alkanes of at least 4 members (excludes halogenated alkanes) is 1. The molecule has 4 nitrogen and oxygen atoms in total. The summed E-state index contributed by atoms with van der Waals surface area (Å²) in [5.74, 6) is -7.27. The van der Waals surface area contributed by atoms with E-state index >= 15 is 0 Å². The maximum absolute atomic E-state index is 13.3. The minimum atomic E-state index is -2.63. The Morgan fingerprint density at radius 2 is 0.868 bits per heavy atom. The van der Waals surface area contributed by atoms with Gasteiger partial charge in [0, 0.05) is 70.2 Å². The summed E-state index contributed by atoms with van der Waals surface area (Å²) in [4.78, 5) is 12.8. The van der Waals surface area contributed by atoms with Crippen LogP contribution in [0.3, 0.4) is 0 Å². The Morgan fingerprint density at radius 1 is 0.509 bits per heavy atom. The van der Waals surface area contributed by atoms with Crippen molar-refractivity contribution < 1.29 is 40.6 Å². The molecule has 0 heterocycles. The molecule has 324 valence electrons. The van der Waals surface area contributed by atoms with E-state index in [2.05, 4.69) is 27.7 Å². The summed E-state index contributed by atoms with van der Waals surface area (Å²) in [6.45, 7) is 33.6. The number of nitrogens with zero attached hydrogens (tertiary/aromatic N) is 1. The number of rotatable bonds is 24. The van der Waals surface area contributed by atoms with Crippen LogP contribution in [0.25, 0.3) is 0 Å². The number of amides is 1. The minimum Gasteiger partial charge on any atom is -0.379 e. The predicted molar refractivity (Wildman–Crippen MR) is 215 cm³/mol. The van der Waals surface area contributed by atoms with Crippen LogP contribution in [0.1, 0.15) is 188 Å². The second kappa shape index (κ2) is 32.1. The van der Waals surface area contributed by atoms with E-state index in [-0.39, 0.29) is 43.7 Å². The highest BCUT2D eigenvalue weighted by atomic mass is 19.3.